The first-order valence-electron chi connectivity index (χ1n) is 6.07. The quantitative estimate of drug-likeness (QED) is 0.672. The number of rotatable bonds is 9. The van der Waals surface area contributed by atoms with Gasteiger partial charge in [-0.25, -0.2) is 13.8 Å². The fourth-order valence-corrected chi connectivity index (χ4v) is 1.39. The number of methoxy groups -OCH3 is 1. The van der Waals surface area contributed by atoms with Crippen molar-refractivity contribution < 1.29 is 18.3 Å². The molecule has 0 fully saturated rings. The molecule has 0 aliphatic rings. The summed E-state index contributed by atoms with van der Waals surface area (Å²) in [6.07, 6.45) is 1.61. The second-order valence-electron chi connectivity index (χ2n) is 3.92. The van der Waals surface area contributed by atoms with E-state index in [4.69, 9.17) is 15.2 Å². The zero-order chi connectivity index (χ0) is 14.1. The number of hydrogen-bond donors (Lipinski definition) is 2. The maximum atomic E-state index is 13.3. The van der Waals surface area contributed by atoms with Gasteiger partial charge >= 0.3 is 0 Å². The van der Waals surface area contributed by atoms with Crippen LogP contribution in [0.1, 0.15) is 12.8 Å². The SMILES string of the molecule is COCCOCCCCNc1nc(N)c(F)cc1F. The number of nitrogen functional groups attached to an aromatic ring is 1. The fraction of sp³-hybridized carbons (Fsp3) is 0.583. The third-order valence-corrected chi connectivity index (χ3v) is 2.40. The summed E-state index contributed by atoms with van der Waals surface area (Å²) in [4.78, 5) is 3.60. The molecule has 0 radical (unpaired) electrons. The molecule has 1 heterocycles. The smallest absolute Gasteiger partial charge is 0.168 e. The van der Waals surface area contributed by atoms with Crippen LogP contribution in [-0.4, -0.2) is 38.5 Å². The number of pyridine rings is 1. The molecule has 0 aromatic carbocycles. The van der Waals surface area contributed by atoms with Crippen LogP contribution in [0.3, 0.4) is 0 Å². The molecule has 0 atom stereocenters. The molecule has 0 saturated carbocycles. The largest absolute Gasteiger partial charge is 0.382 e. The first-order valence-corrected chi connectivity index (χ1v) is 6.07. The summed E-state index contributed by atoms with van der Waals surface area (Å²) in [6, 6.07) is 0.721. The standard InChI is InChI=1S/C12H19F2N3O2/c1-18-6-7-19-5-3-2-4-16-12-10(14)8-9(13)11(15)17-12/h8H,2-7H2,1H3,(H3,15,16,17). The highest BCUT2D eigenvalue weighted by atomic mass is 19.1. The zero-order valence-electron chi connectivity index (χ0n) is 10.9. The maximum Gasteiger partial charge on any atom is 0.168 e. The molecule has 1 aromatic rings. The highest BCUT2D eigenvalue weighted by molar-refractivity contribution is 5.44. The molecule has 0 bridgehead atoms. The van der Waals surface area contributed by atoms with E-state index in [9.17, 15) is 8.78 Å². The lowest BCUT2D eigenvalue weighted by atomic mass is 10.3. The first kappa shape index (κ1) is 15.6. The lowest BCUT2D eigenvalue weighted by molar-refractivity contribution is 0.0691. The molecular formula is C12H19F2N3O2. The van der Waals surface area contributed by atoms with E-state index in [-0.39, 0.29) is 11.6 Å². The number of halogens is 2. The van der Waals surface area contributed by atoms with Gasteiger partial charge in [0.15, 0.2) is 23.3 Å². The van der Waals surface area contributed by atoms with E-state index in [1.54, 1.807) is 7.11 Å². The van der Waals surface area contributed by atoms with Crippen molar-refractivity contribution in [1.82, 2.24) is 4.98 Å². The Bertz CT molecular complexity index is 391. The van der Waals surface area contributed by atoms with Gasteiger partial charge in [0.2, 0.25) is 0 Å². The van der Waals surface area contributed by atoms with Gasteiger partial charge in [-0.15, -0.1) is 0 Å². The predicted molar refractivity (Wildman–Crippen MR) is 69.0 cm³/mol. The summed E-state index contributed by atoms with van der Waals surface area (Å²) in [5, 5.41) is 2.77. The third kappa shape index (κ3) is 5.80. The molecule has 1 rings (SSSR count). The molecule has 108 valence electrons. The number of nitrogens with two attached hydrogens (primary N) is 1. The molecule has 3 N–H and O–H groups in total. The summed E-state index contributed by atoms with van der Waals surface area (Å²) in [7, 11) is 1.61. The molecule has 1 aromatic heterocycles. The third-order valence-electron chi connectivity index (χ3n) is 2.40. The molecule has 7 heteroatoms. The molecule has 19 heavy (non-hydrogen) atoms. The summed E-state index contributed by atoms with van der Waals surface area (Å²) in [5.74, 6) is -1.94. The van der Waals surface area contributed by atoms with E-state index >= 15 is 0 Å². The van der Waals surface area contributed by atoms with Crippen molar-refractivity contribution in [3.8, 4) is 0 Å². The average Bonchev–Trinajstić information content (AvgIpc) is 2.38. The predicted octanol–water partition coefficient (Wildman–Crippen LogP) is 1.80. The Morgan fingerprint density at radius 3 is 2.74 bits per heavy atom. The fourth-order valence-electron chi connectivity index (χ4n) is 1.39. The van der Waals surface area contributed by atoms with E-state index in [1.165, 1.54) is 0 Å². The van der Waals surface area contributed by atoms with Crippen LogP contribution in [-0.2, 0) is 9.47 Å². The van der Waals surface area contributed by atoms with Crippen LogP contribution in [0.4, 0.5) is 20.4 Å². The van der Waals surface area contributed by atoms with Gasteiger partial charge in [0.1, 0.15) is 0 Å². The van der Waals surface area contributed by atoms with E-state index in [2.05, 4.69) is 10.3 Å². The summed E-state index contributed by atoms with van der Waals surface area (Å²) in [5.41, 5.74) is 5.26. The normalized spacial score (nSPS) is 10.7. The second-order valence-corrected chi connectivity index (χ2v) is 3.92. The van der Waals surface area contributed by atoms with Crippen LogP contribution in [0.5, 0.6) is 0 Å². The number of unbranched alkanes of at least 4 members (excludes halogenated alkanes) is 1. The highest BCUT2D eigenvalue weighted by Gasteiger charge is 2.08. The topological polar surface area (TPSA) is 69.4 Å². The van der Waals surface area contributed by atoms with Crippen molar-refractivity contribution in [2.24, 2.45) is 0 Å². The molecule has 0 aliphatic carbocycles. The van der Waals surface area contributed by atoms with Crippen molar-refractivity contribution in [1.29, 1.82) is 0 Å². The Hall–Kier alpha value is -1.47. The average molecular weight is 275 g/mol. The number of anilines is 2. The molecule has 0 spiro atoms. The number of nitrogens with zero attached hydrogens (tertiary/aromatic N) is 1. The van der Waals surface area contributed by atoms with Crippen LogP contribution in [0.2, 0.25) is 0 Å². The molecular weight excluding hydrogens is 256 g/mol. The number of ether oxygens (including phenoxy) is 2. The van der Waals surface area contributed by atoms with Gasteiger partial charge < -0.3 is 20.5 Å². The van der Waals surface area contributed by atoms with Crippen LogP contribution in [0.25, 0.3) is 0 Å². The Morgan fingerprint density at radius 2 is 2.00 bits per heavy atom. The lowest BCUT2D eigenvalue weighted by Gasteiger charge is -2.08. The van der Waals surface area contributed by atoms with Gasteiger partial charge in [0.25, 0.3) is 0 Å². The van der Waals surface area contributed by atoms with Gasteiger partial charge in [0.05, 0.1) is 13.2 Å². The minimum absolute atomic E-state index is 0.0285. The second kappa shape index (κ2) is 8.60. The first-order chi connectivity index (χ1) is 9.15. The Kier molecular flexibility index (Phi) is 7.06. The van der Waals surface area contributed by atoms with Crippen molar-refractivity contribution in [3.63, 3.8) is 0 Å². The van der Waals surface area contributed by atoms with E-state index in [0.29, 0.717) is 26.4 Å². The van der Waals surface area contributed by atoms with E-state index in [1.807, 2.05) is 0 Å². The lowest BCUT2D eigenvalue weighted by Crippen LogP contribution is -2.09. The summed E-state index contributed by atoms with van der Waals surface area (Å²) >= 11 is 0. The summed E-state index contributed by atoms with van der Waals surface area (Å²) in [6.45, 7) is 2.27. The maximum absolute atomic E-state index is 13.3. The summed E-state index contributed by atoms with van der Waals surface area (Å²) < 4.78 is 36.3. The molecule has 0 unspecified atom stereocenters. The minimum atomic E-state index is -0.852. The van der Waals surface area contributed by atoms with Gasteiger partial charge in [0, 0.05) is 26.3 Å². The Balaban J connectivity index is 2.17. The van der Waals surface area contributed by atoms with Gasteiger partial charge in [-0.05, 0) is 12.8 Å². The van der Waals surface area contributed by atoms with Crippen molar-refractivity contribution >= 4 is 11.6 Å². The minimum Gasteiger partial charge on any atom is -0.382 e. The number of nitrogens with one attached hydrogen (secondary N) is 1. The van der Waals surface area contributed by atoms with Crippen LogP contribution >= 0.6 is 0 Å². The Labute approximate surface area is 111 Å². The van der Waals surface area contributed by atoms with Crippen LogP contribution in [0, 0.1) is 11.6 Å². The monoisotopic (exact) mass is 275 g/mol. The number of aromatic nitrogens is 1. The molecule has 0 aliphatic heterocycles. The highest BCUT2D eigenvalue weighted by Crippen LogP contribution is 2.16. The molecule has 5 nitrogen and oxygen atoms in total. The molecule has 0 amide bonds. The van der Waals surface area contributed by atoms with Gasteiger partial charge in [-0.2, -0.15) is 0 Å². The Morgan fingerprint density at radius 1 is 1.21 bits per heavy atom. The van der Waals surface area contributed by atoms with E-state index < -0.39 is 11.6 Å². The van der Waals surface area contributed by atoms with E-state index in [0.717, 1.165) is 18.9 Å². The van der Waals surface area contributed by atoms with Crippen molar-refractivity contribution in [3.05, 3.63) is 17.7 Å². The van der Waals surface area contributed by atoms with Crippen molar-refractivity contribution in [2.45, 2.75) is 12.8 Å². The number of hydrogen-bond acceptors (Lipinski definition) is 5. The van der Waals surface area contributed by atoms with Crippen LogP contribution in [0.15, 0.2) is 6.07 Å². The van der Waals surface area contributed by atoms with Gasteiger partial charge in [-0.1, -0.05) is 0 Å². The molecule has 0 saturated heterocycles. The van der Waals surface area contributed by atoms with Crippen LogP contribution < -0.4 is 11.1 Å². The van der Waals surface area contributed by atoms with Gasteiger partial charge in [-0.3, -0.25) is 0 Å². The zero-order valence-corrected chi connectivity index (χ0v) is 10.9. The van der Waals surface area contributed by atoms with Crippen molar-refractivity contribution in [2.75, 3.05) is 44.5 Å².